The average Bonchev–Trinajstić information content (AvgIpc) is 3.34. The molecular weight excluding hydrogens is 380 g/mol. The zero-order valence-corrected chi connectivity index (χ0v) is 16.2. The van der Waals surface area contributed by atoms with Crippen LogP contribution >= 0.6 is 34.4 Å². The number of amides is 1. The smallest absolute Gasteiger partial charge is 0.231 e. The summed E-state index contributed by atoms with van der Waals surface area (Å²) in [6, 6.07) is 22.1. The number of rotatable bonds is 6. The van der Waals surface area contributed by atoms with Gasteiger partial charge in [-0.05, 0) is 29.1 Å². The van der Waals surface area contributed by atoms with E-state index >= 15 is 0 Å². The quantitative estimate of drug-likeness (QED) is 0.446. The van der Waals surface area contributed by atoms with Gasteiger partial charge in [0.05, 0.1) is 22.0 Å². The molecule has 0 spiro atoms. The number of nitrogens with one attached hydrogen (secondary N) is 1. The van der Waals surface area contributed by atoms with Crippen molar-refractivity contribution < 1.29 is 4.79 Å². The number of para-hydroxylation sites is 1. The van der Waals surface area contributed by atoms with Crippen LogP contribution in [0.25, 0.3) is 10.2 Å². The van der Waals surface area contributed by atoms with Crippen molar-refractivity contribution in [1.29, 1.82) is 0 Å². The second kappa shape index (κ2) is 8.03. The van der Waals surface area contributed by atoms with E-state index in [9.17, 15) is 4.79 Å². The van der Waals surface area contributed by atoms with E-state index in [1.807, 2.05) is 60.0 Å². The Bertz CT molecular complexity index is 963. The van der Waals surface area contributed by atoms with Crippen LogP contribution in [0.15, 0.2) is 76.4 Å². The Morgan fingerprint density at radius 3 is 2.62 bits per heavy atom. The predicted octanol–water partition coefficient (Wildman–Crippen LogP) is 5.36. The molecule has 130 valence electrons. The number of hydrogen-bond donors (Lipinski definition) is 1. The van der Waals surface area contributed by atoms with E-state index in [1.54, 1.807) is 22.7 Å². The van der Waals surface area contributed by atoms with Crippen molar-refractivity contribution in [2.24, 2.45) is 0 Å². The van der Waals surface area contributed by atoms with E-state index in [-0.39, 0.29) is 11.9 Å². The average molecular weight is 397 g/mol. The van der Waals surface area contributed by atoms with Crippen molar-refractivity contribution in [3.63, 3.8) is 0 Å². The molecule has 1 amide bonds. The van der Waals surface area contributed by atoms with Crippen LogP contribution in [0.4, 0.5) is 0 Å². The number of fused-ring (bicyclic) bond motifs is 1. The van der Waals surface area contributed by atoms with Crippen molar-refractivity contribution in [3.05, 3.63) is 82.6 Å². The molecule has 0 fully saturated rings. The number of benzene rings is 2. The van der Waals surface area contributed by atoms with E-state index < -0.39 is 0 Å². The number of carbonyl (C=O) groups is 1. The summed E-state index contributed by atoms with van der Waals surface area (Å²) in [6.45, 7) is 0. The normalized spacial score (nSPS) is 12.2. The molecule has 0 aliphatic rings. The van der Waals surface area contributed by atoms with Crippen LogP contribution in [-0.4, -0.2) is 16.6 Å². The van der Waals surface area contributed by atoms with E-state index in [0.717, 1.165) is 25.0 Å². The fourth-order valence-corrected chi connectivity index (χ4v) is 5.34. The fourth-order valence-electron chi connectivity index (χ4n) is 2.66. The molecule has 0 saturated carbocycles. The molecule has 2 aromatic heterocycles. The SMILES string of the molecule is O=C(CSc1nc2ccccc2s1)NC(c1ccccc1)c1cccs1. The van der Waals surface area contributed by atoms with Gasteiger partial charge in [-0.15, -0.1) is 22.7 Å². The number of thiophene rings is 1. The lowest BCUT2D eigenvalue weighted by molar-refractivity contribution is -0.119. The molecule has 0 saturated heterocycles. The second-order valence-corrected chi connectivity index (χ2v) is 8.90. The molecule has 2 heterocycles. The van der Waals surface area contributed by atoms with Gasteiger partial charge in [-0.2, -0.15) is 0 Å². The third-order valence-corrected chi connectivity index (χ3v) is 6.98. The molecule has 4 aromatic rings. The monoisotopic (exact) mass is 396 g/mol. The maximum absolute atomic E-state index is 12.6. The number of thioether (sulfide) groups is 1. The highest BCUT2D eigenvalue weighted by Gasteiger charge is 2.18. The lowest BCUT2D eigenvalue weighted by Gasteiger charge is -2.17. The van der Waals surface area contributed by atoms with Crippen molar-refractivity contribution in [2.75, 3.05) is 5.75 Å². The first-order valence-electron chi connectivity index (χ1n) is 8.16. The number of carbonyl (C=O) groups excluding carboxylic acids is 1. The largest absolute Gasteiger partial charge is 0.344 e. The molecule has 1 unspecified atom stereocenters. The Hall–Kier alpha value is -2.15. The molecule has 1 N–H and O–H groups in total. The van der Waals surface area contributed by atoms with E-state index in [4.69, 9.17) is 0 Å². The Kier molecular flexibility index (Phi) is 5.34. The molecule has 1 atom stereocenters. The molecule has 0 bridgehead atoms. The maximum atomic E-state index is 12.6. The third-order valence-electron chi connectivity index (χ3n) is 3.87. The Balaban J connectivity index is 1.45. The van der Waals surface area contributed by atoms with Crippen LogP contribution in [0.2, 0.25) is 0 Å². The van der Waals surface area contributed by atoms with Gasteiger partial charge < -0.3 is 5.32 Å². The molecule has 0 aliphatic heterocycles. The Morgan fingerprint density at radius 1 is 1.04 bits per heavy atom. The topological polar surface area (TPSA) is 42.0 Å². The van der Waals surface area contributed by atoms with Crippen LogP contribution in [0.5, 0.6) is 0 Å². The summed E-state index contributed by atoms with van der Waals surface area (Å²) < 4.78 is 2.07. The van der Waals surface area contributed by atoms with Crippen LogP contribution in [-0.2, 0) is 4.79 Å². The molecule has 3 nitrogen and oxygen atoms in total. The molecule has 0 radical (unpaired) electrons. The molecule has 6 heteroatoms. The van der Waals surface area contributed by atoms with E-state index in [2.05, 4.69) is 22.4 Å². The highest BCUT2D eigenvalue weighted by Crippen LogP contribution is 2.30. The lowest BCUT2D eigenvalue weighted by atomic mass is 10.1. The Labute approximate surface area is 164 Å². The first-order valence-corrected chi connectivity index (χ1v) is 10.8. The predicted molar refractivity (Wildman–Crippen MR) is 111 cm³/mol. The van der Waals surface area contributed by atoms with Gasteiger partial charge in [0, 0.05) is 4.88 Å². The fraction of sp³-hybridized carbons (Fsp3) is 0.100. The highest BCUT2D eigenvalue weighted by atomic mass is 32.2. The summed E-state index contributed by atoms with van der Waals surface area (Å²) in [5.41, 5.74) is 2.08. The number of hydrogen-bond acceptors (Lipinski definition) is 5. The lowest BCUT2D eigenvalue weighted by Crippen LogP contribution is -2.30. The highest BCUT2D eigenvalue weighted by molar-refractivity contribution is 8.01. The van der Waals surface area contributed by atoms with Crippen LogP contribution < -0.4 is 5.32 Å². The minimum absolute atomic E-state index is 0.0107. The zero-order chi connectivity index (χ0) is 17.8. The van der Waals surface area contributed by atoms with Gasteiger partial charge in [0.2, 0.25) is 5.91 Å². The van der Waals surface area contributed by atoms with Gasteiger partial charge >= 0.3 is 0 Å². The third kappa shape index (κ3) is 3.98. The van der Waals surface area contributed by atoms with Gasteiger partial charge in [-0.25, -0.2) is 4.98 Å². The second-order valence-electron chi connectivity index (χ2n) is 5.66. The summed E-state index contributed by atoms with van der Waals surface area (Å²) in [7, 11) is 0. The van der Waals surface area contributed by atoms with E-state index in [0.29, 0.717) is 5.75 Å². The van der Waals surface area contributed by atoms with Crippen LogP contribution in [0.1, 0.15) is 16.5 Å². The number of aromatic nitrogens is 1. The van der Waals surface area contributed by atoms with Gasteiger partial charge in [0.15, 0.2) is 4.34 Å². The minimum Gasteiger partial charge on any atom is -0.344 e. The minimum atomic E-state index is -0.111. The van der Waals surface area contributed by atoms with Crippen molar-refractivity contribution >= 4 is 50.6 Å². The molecule has 0 aliphatic carbocycles. The van der Waals surface area contributed by atoms with Crippen LogP contribution in [0.3, 0.4) is 0 Å². The first-order chi connectivity index (χ1) is 12.8. The summed E-state index contributed by atoms with van der Waals surface area (Å²) in [5, 5.41) is 5.20. The van der Waals surface area contributed by atoms with Crippen molar-refractivity contribution in [3.8, 4) is 0 Å². The first kappa shape index (κ1) is 17.3. The van der Waals surface area contributed by atoms with Gasteiger partial charge in [-0.3, -0.25) is 4.79 Å². The van der Waals surface area contributed by atoms with Crippen molar-refractivity contribution in [2.45, 2.75) is 10.4 Å². The van der Waals surface area contributed by atoms with E-state index in [1.165, 1.54) is 11.8 Å². The van der Waals surface area contributed by atoms with Crippen LogP contribution in [0, 0.1) is 0 Å². The molecular formula is C20H16N2OS3. The van der Waals surface area contributed by atoms with Gasteiger partial charge in [0.25, 0.3) is 0 Å². The number of thiazole rings is 1. The molecule has 2 aromatic carbocycles. The molecule has 26 heavy (non-hydrogen) atoms. The summed E-state index contributed by atoms with van der Waals surface area (Å²) in [6.07, 6.45) is 0. The van der Waals surface area contributed by atoms with Gasteiger partial charge in [0.1, 0.15) is 0 Å². The van der Waals surface area contributed by atoms with Gasteiger partial charge in [-0.1, -0.05) is 60.3 Å². The molecule has 4 rings (SSSR count). The van der Waals surface area contributed by atoms with Crippen molar-refractivity contribution in [1.82, 2.24) is 10.3 Å². The summed E-state index contributed by atoms with van der Waals surface area (Å²) in [5.74, 6) is 0.366. The summed E-state index contributed by atoms with van der Waals surface area (Å²) in [4.78, 5) is 18.3. The Morgan fingerprint density at radius 2 is 1.85 bits per heavy atom. The standard InChI is InChI=1S/C20H16N2OS3/c23-18(13-25-20-21-15-9-4-5-10-16(15)26-20)22-19(17-11-6-12-24-17)14-7-2-1-3-8-14/h1-12,19H,13H2,(H,22,23). The number of nitrogens with zero attached hydrogens (tertiary/aromatic N) is 1. The zero-order valence-electron chi connectivity index (χ0n) is 13.8. The maximum Gasteiger partial charge on any atom is 0.231 e. The summed E-state index contributed by atoms with van der Waals surface area (Å²) >= 11 is 4.77.